The number of hydrogen-bond donors (Lipinski definition) is 7. The lowest BCUT2D eigenvalue weighted by molar-refractivity contribution is -0.134. The minimum absolute atomic E-state index is 0.118. The Morgan fingerprint density at radius 3 is 2.25 bits per heavy atom. The van der Waals surface area contributed by atoms with E-state index in [2.05, 4.69) is 67.3 Å². The van der Waals surface area contributed by atoms with E-state index < -0.39 is 41.9 Å². The molecule has 0 aliphatic heterocycles. The number of primary amides is 1. The molecule has 0 aromatic heterocycles. The van der Waals surface area contributed by atoms with Crippen molar-refractivity contribution in [2.24, 2.45) is 58.0 Å². The van der Waals surface area contributed by atoms with Crippen molar-refractivity contribution in [1.82, 2.24) is 21.3 Å². The van der Waals surface area contributed by atoms with Crippen LogP contribution in [0.5, 0.6) is 0 Å². The number of amides is 6. The Kier molecular flexibility index (Phi) is 20.4. The van der Waals surface area contributed by atoms with E-state index in [1.165, 1.54) is 50.5 Å². The number of fused-ring (bicyclic) bond motifs is 5. The summed E-state index contributed by atoms with van der Waals surface area (Å²) in [6, 6.07) is 3.98. The Morgan fingerprint density at radius 1 is 0.806 bits per heavy atom. The molecule has 4 aliphatic carbocycles. The fraction of sp³-hybridized carbons (Fsp3) is 0.750. The lowest BCUT2D eigenvalue weighted by atomic mass is 9.47. The van der Waals surface area contributed by atoms with Gasteiger partial charge in [0, 0.05) is 25.2 Å². The first-order valence-electron chi connectivity index (χ1n) is 25.4. The number of nitrogens with one attached hydrogen (secondary N) is 5. The van der Waals surface area contributed by atoms with Crippen molar-refractivity contribution < 1.29 is 43.3 Å². The molecular weight excluding hydrogens is 853 g/mol. The van der Waals surface area contributed by atoms with E-state index >= 15 is 0 Å². The van der Waals surface area contributed by atoms with Gasteiger partial charge in [0.2, 0.25) is 17.7 Å². The number of ether oxygens (including phenoxy) is 3. The molecule has 4 aliphatic rings. The average molecular weight is 937 g/mol. The third-order valence-corrected chi connectivity index (χ3v) is 15.9. The highest BCUT2D eigenvalue weighted by Crippen LogP contribution is 2.67. The van der Waals surface area contributed by atoms with E-state index in [1.807, 2.05) is 0 Å². The predicted octanol–water partition coefficient (Wildman–Crippen LogP) is 7.36. The predicted molar refractivity (Wildman–Crippen MR) is 259 cm³/mol. The van der Waals surface area contributed by atoms with Crippen LogP contribution in [0.3, 0.4) is 0 Å². The van der Waals surface area contributed by atoms with Crippen LogP contribution in [0.2, 0.25) is 0 Å². The van der Waals surface area contributed by atoms with Crippen LogP contribution >= 0.6 is 0 Å². The van der Waals surface area contributed by atoms with Gasteiger partial charge in [0.15, 0.2) is 0 Å². The first-order chi connectivity index (χ1) is 31.9. The zero-order valence-corrected chi connectivity index (χ0v) is 41.6. The number of rotatable bonds is 25. The lowest BCUT2D eigenvalue weighted by Gasteiger charge is -2.58. The summed E-state index contributed by atoms with van der Waals surface area (Å²) < 4.78 is 17.1. The summed E-state index contributed by atoms with van der Waals surface area (Å²) in [6.45, 7) is 16.5. The molecule has 5 rings (SSSR count). The SMILES string of the molecule is CC(C)CCCC(C)C1CCC2[C@@H]3CC=C4C[C@@H](OC(=O)NCCOCCOCC(=O)N[C@H](C(=O)N[C@@H](CCCNC(N)=O)C(=O)Nc5ccc(CO)cc5)C(C)C)CC[C@]4(C)C3CC[C@]12C. The number of anilines is 1. The summed E-state index contributed by atoms with van der Waals surface area (Å²) in [6.07, 6.45) is 15.9. The topological polar surface area (TPSA) is 219 Å². The molecule has 15 nitrogen and oxygen atoms in total. The molecule has 1 aromatic carbocycles. The third kappa shape index (κ3) is 14.9. The van der Waals surface area contributed by atoms with Crippen LogP contribution in [-0.4, -0.2) is 92.7 Å². The number of alkyl carbamates (subject to hydrolysis) is 1. The molecule has 1 aromatic rings. The summed E-state index contributed by atoms with van der Waals surface area (Å²) in [5.74, 6) is 2.88. The smallest absolute Gasteiger partial charge is 0.407 e. The monoisotopic (exact) mass is 937 g/mol. The highest BCUT2D eigenvalue weighted by molar-refractivity contribution is 5.98. The molecule has 0 spiro atoms. The minimum Gasteiger partial charge on any atom is -0.446 e. The average Bonchev–Trinajstić information content (AvgIpc) is 3.64. The minimum atomic E-state index is -0.985. The third-order valence-electron chi connectivity index (χ3n) is 15.9. The maximum atomic E-state index is 13.4. The number of nitrogens with two attached hydrogens (primary N) is 1. The molecule has 3 saturated carbocycles. The molecule has 10 atom stereocenters. The van der Waals surface area contributed by atoms with E-state index in [0.29, 0.717) is 23.1 Å². The highest BCUT2D eigenvalue weighted by atomic mass is 16.6. The summed E-state index contributed by atoms with van der Waals surface area (Å²) >= 11 is 0. The normalized spacial score (nSPS) is 26.8. The van der Waals surface area contributed by atoms with Gasteiger partial charge in [-0.1, -0.05) is 91.5 Å². The van der Waals surface area contributed by atoms with Crippen LogP contribution in [0, 0.1) is 52.3 Å². The van der Waals surface area contributed by atoms with Crippen LogP contribution < -0.4 is 32.3 Å². The van der Waals surface area contributed by atoms with Gasteiger partial charge in [-0.05, 0) is 128 Å². The van der Waals surface area contributed by atoms with Gasteiger partial charge in [0.1, 0.15) is 24.8 Å². The fourth-order valence-electron chi connectivity index (χ4n) is 12.3. The molecule has 376 valence electrons. The zero-order chi connectivity index (χ0) is 48.7. The Bertz CT molecular complexity index is 1820. The molecule has 6 amide bonds. The number of urea groups is 1. The van der Waals surface area contributed by atoms with E-state index in [1.54, 1.807) is 38.1 Å². The summed E-state index contributed by atoms with van der Waals surface area (Å²) in [4.78, 5) is 63.5. The maximum Gasteiger partial charge on any atom is 0.407 e. The molecule has 0 saturated heterocycles. The first-order valence-corrected chi connectivity index (χ1v) is 25.4. The summed E-state index contributed by atoms with van der Waals surface area (Å²) in [5.41, 5.74) is 8.47. The summed E-state index contributed by atoms with van der Waals surface area (Å²) in [7, 11) is 0. The number of benzene rings is 1. The van der Waals surface area contributed by atoms with Gasteiger partial charge in [0.05, 0.1) is 26.4 Å². The second-order valence-electron chi connectivity index (χ2n) is 21.3. The molecule has 67 heavy (non-hydrogen) atoms. The van der Waals surface area contributed by atoms with E-state index in [-0.39, 0.29) is 70.0 Å². The first kappa shape index (κ1) is 53.7. The van der Waals surface area contributed by atoms with Crippen molar-refractivity contribution >= 4 is 35.5 Å². The molecule has 4 unspecified atom stereocenters. The second-order valence-corrected chi connectivity index (χ2v) is 21.3. The van der Waals surface area contributed by atoms with Gasteiger partial charge >= 0.3 is 12.1 Å². The number of aliphatic hydroxyl groups excluding tert-OH is 1. The van der Waals surface area contributed by atoms with Crippen LogP contribution in [0.25, 0.3) is 0 Å². The number of allylic oxidation sites excluding steroid dienone is 1. The Morgan fingerprint density at radius 2 is 1.55 bits per heavy atom. The van der Waals surface area contributed by atoms with E-state index in [9.17, 15) is 29.1 Å². The fourth-order valence-corrected chi connectivity index (χ4v) is 12.3. The van der Waals surface area contributed by atoms with Gasteiger partial charge in [-0.3, -0.25) is 14.4 Å². The van der Waals surface area contributed by atoms with Gasteiger partial charge in [-0.2, -0.15) is 0 Å². The Hall–Kier alpha value is -4.21. The van der Waals surface area contributed by atoms with Crippen molar-refractivity contribution in [1.29, 1.82) is 0 Å². The largest absolute Gasteiger partial charge is 0.446 e. The molecule has 0 heterocycles. The van der Waals surface area contributed by atoms with Gasteiger partial charge in [-0.25, -0.2) is 9.59 Å². The Labute approximate surface area is 400 Å². The second kappa shape index (κ2) is 25.4. The molecule has 0 bridgehead atoms. The molecule has 0 radical (unpaired) electrons. The lowest BCUT2D eigenvalue weighted by Crippen LogP contribution is -2.55. The van der Waals surface area contributed by atoms with Gasteiger partial charge in [-0.15, -0.1) is 0 Å². The Balaban J connectivity index is 0.972. The number of carbonyl (C=O) groups excluding carboxylic acids is 5. The van der Waals surface area contributed by atoms with Gasteiger partial charge < -0.3 is 51.6 Å². The molecule has 3 fully saturated rings. The molecule has 15 heteroatoms. The van der Waals surface area contributed by atoms with Gasteiger partial charge in [0.25, 0.3) is 0 Å². The number of hydrogen-bond acceptors (Lipinski definition) is 9. The van der Waals surface area contributed by atoms with Crippen LogP contribution in [0.15, 0.2) is 35.9 Å². The van der Waals surface area contributed by atoms with Crippen molar-refractivity contribution in [3.63, 3.8) is 0 Å². The number of aliphatic hydroxyl groups is 1. The maximum absolute atomic E-state index is 13.4. The number of carbonyl (C=O) groups is 5. The van der Waals surface area contributed by atoms with E-state index in [4.69, 9.17) is 19.9 Å². The quantitative estimate of drug-likeness (QED) is 0.0384. The van der Waals surface area contributed by atoms with Crippen molar-refractivity contribution in [3.05, 3.63) is 41.5 Å². The van der Waals surface area contributed by atoms with Crippen LogP contribution in [0.1, 0.15) is 138 Å². The van der Waals surface area contributed by atoms with Crippen LogP contribution in [-0.2, 0) is 35.2 Å². The van der Waals surface area contributed by atoms with E-state index in [0.717, 1.165) is 61.2 Å². The molecule has 8 N–H and O–H groups in total. The van der Waals surface area contributed by atoms with Crippen molar-refractivity contribution in [2.45, 2.75) is 157 Å². The highest BCUT2D eigenvalue weighted by Gasteiger charge is 2.59. The van der Waals surface area contributed by atoms with Crippen LogP contribution in [0.4, 0.5) is 15.3 Å². The van der Waals surface area contributed by atoms with Crippen molar-refractivity contribution in [2.75, 3.05) is 44.8 Å². The summed E-state index contributed by atoms with van der Waals surface area (Å²) in [5, 5.41) is 22.8. The standard InChI is InChI=1S/C52H84N6O9/c1-33(2)10-8-11-35(5)41-19-20-42-40-18-15-37-30-39(21-23-51(37,6)43(40)22-24-52(41,42)7)67-50(64)55-26-27-65-28-29-66-32-45(60)58-46(34(3)4)48(62)57-44(12-9-25-54-49(53)63)47(61)56-38-16-13-36(31-59)14-17-38/h13-17,33-35,39-44,46,59H,8-12,18-32H2,1-7H3,(H,55,64)(H,56,61)(H,57,62)(H,58,60)(H3,53,54,63)/t35?,39-,40-,41?,42?,43?,44-,46-,51-,52+/m0/s1. The molecular formula is C52H84N6O9. The zero-order valence-electron chi connectivity index (χ0n) is 41.6. The van der Waals surface area contributed by atoms with Crippen molar-refractivity contribution in [3.8, 4) is 0 Å².